The number of rotatable bonds is 7. The molecule has 6 heteroatoms. The third-order valence-electron chi connectivity index (χ3n) is 3.05. The van der Waals surface area contributed by atoms with E-state index in [2.05, 4.69) is 21.2 Å². The van der Waals surface area contributed by atoms with Crippen molar-refractivity contribution in [1.82, 2.24) is 5.32 Å². The van der Waals surface area contributed by atoms with Gasteiger partial charge in [0, 0.05) is 11.0 Å². The molecular formula is C17H17BrN2O3. The fourth-order valence-corrected chi connectivity index (χ4v) is 2.40. The van der Waals surface area contributed by atoms with Crippen LogP contribution < -0.4 is 15.8 Å². The number of nitrogens with two attached hydrogens (primary N) is 1. The average Bonchev–Trinajstić information content (AvgIpc) is 2.52. The molecule has 0 aromatic heterocycles. The maximum absolute atomic E-state index is 11.8. The molecule has 120 valence electrons. The summed E-state index contributed by atoms with van der Waals surface area (Å²) in [6.07, 6.45) is 0.188. The number of primary amides is 1. The zero-order chi connectivity index (χ0) is 16.7. The first-order valence-corrected chi connectivity index (χ1v) is 7.83. The highest BCUT2D eigenvalue weighted by Gasteiger charge is 2.04. The Balaban J connectivity index is 1.76. The molecule has 0 spiro atoms. The standard InChI is InChI=1S/C17H17BrN2O3/c18-14-3-1-2-13(8-14)10-20-17(22)11-23-15-6-4-12(5-7-15)9-16(19)21/h1-8H,9-11H2,(H2,19,21)(H,20,22). The van der Waals surface area contributed by atoms with Crippen LogP contribution >= 0.6 is 15.9 Å². The summed E-state index contributed by atoms with van der Waals surface area (Å²) in [6.45, 7) is 0.377. The van der Waals surface area contributed by atoms with Crippen LogP contribution in [-0.4, -0.2) is 18.4 Å². The van der Waals surface area contributed by atoms with Crippen molar-refractivity contribution in [3.05, 3.63) is 64.1 Å². The summed E-state index contributed by atoms with van der Waals surface area (Å²) in [5, 5.41) is 2.79. The summed E-state index contributed by atoms with van der Waals surface area (Å²) < 4.78 is 6.37. The van der Waals surface area contributed by atoms with Crippen LogP contribution in [0, 0.1) is 0 Å². The second-order valence-corrected chi connectivity index (χ2v) is 5.90. The summed E-state index contributed by atoms with van der Waals surface area (Å²) >= 11 is 3.38. The van der Waals surface area contributed by atoms with Crippen molar-refractivity contribution in [1.29, 1.82) is 0 Å². The molecule has 0 aliphatic rings. The Bertz CT molecular complexity index is 686. The Labute approximate surface area is 143 Å². The Morgan fingerprint density at radius 2 is 1.83 bits per heavy atom. The van der Waals surface area contributed by atoms with Crippen LogP contribution in [0.3, 0.4) is 0 Å². The van der Waals surface area contributed by atoms with Crippen LogP contribution in [0.25, 0.3) is 0 Å². The molecule has 0 bridgehead atoms. The molecule has 0 atom stereocenters. The van der Waals surface area contributed by atoms with Gasteiger partial charge >= 0.3 is 0 Å². The van der Waals surface area contributed by atoms with Crippen LogP contribution in [0.1, 0.15) is 11.1 Å². The van der Waals surface area contributed by atoms with Crippen molar-refractivity contribution < 1.29 is 14.3 Å². The Morgan fingerprint density at radius 3 is 2.48 bits per heavy atom. The lowest BCUT2D eigenvalue weighted by molar-refractivity contribution is -0.123. The summed E-state index contributed by atoms with van der Waals surface area (Å²) in [6, 6.07) is 14.6. The molecule has 0 aliphatic heterocycles. The van der Waals surface area contributed by atoms with Crippen molar-refractivity contribution in [2.24, 2.45) is 5.73 Å². The van der Waals surface area contributed by atoms with Crippen molar-refractivity contribution >= 4 is 27.7 Å². The molecule has 5 nitrogen and oxygen atoms in total. The first-order valence-electron chi connectivity index (χ1n) is 7.04. The van der Waals surface area contributed by atoms with Crippen LogP contribution in [0.4, 0.5) is 0 Å². The lowest BCUT2D eigenvalue weighted by Gasteiger charge is -2.08. The normalized spacial score (nSPS) is 10.1. The maximum atomic E-state index is 11.8. The first-order chi connectivity index (χ1) is 11.0. The number of amides is 2. The minimum absolute atomic E-state index is 0.0663. The fourth-order valence-electron chi connectivity index (χ4n) is 1.95. The van der Waals surface area contributed by atoms with Crippen molar-refractivity contribution in [3.63, 3.8) is 0 Å². The molecule has 0 saturated carbocycles. The molecule has 0 saturated heterocycles. The van der Waals surface area contributed by atoms with Gasteiger partial charge in [-0.2, -0.15) is 0 Å². The van der Waals surface area contributed by atoms with Crippen LogP contribution in [-0.2, 0) is 22.6 Å². The number of benzene rings is 2. The smallest absolute Gasteiger partial charge is 0.258 e. The van der Waals surface area contributed by atoms with Crippen LogP contribution in [0.15, 0.2) is 53.0 Å². The van der Waals surface area contributed by atoms with Gasteiger partial charge in [0.25, 0.3) is 5.91 Å². The predicted molar refractivity (Wildman–Crippen MR) is 90.8 cm³/mol. The number of ether oxygens (including phenoxy) is 1. The highest BCUT2D eigenvalue weighted by atomic mass is 79.9. The zero-order valence-corrected chi connectivity index (χ0v) is 14.0. The molecule has 0 unspecified atom stereocenters. The zero-order valence-electron chi connectivity index (χ0n) is 12.4. The van der Waals surface area contributed by atoms with E-state index < -0.39 is 0 Å². The highest BCUT2D eigenvalue weighted by molar-refractivity contribution is 9.10. The molecule has 3 N–H and O–H groups in total. The summed E-state index contributed by atoms with van der Waals surface area (Å²) in [5.41, 5.74) is 6.94. The lowest BCUT2D eigenvalue weighted by Crippen LogP contribution is -2.28. The molecule has 0 radical (unpaired) electrons. The van der Waals surface area contributed by atoms with Crippen molar-refractivity contribution in [2.75, 3.05) is 6.61 Å². The molecule has 0 heterocycles. The van der Waals surface area contributed by atoms with Gasteiger partial charge in [-0.1, -0.05) is 40.2 Å². The maximum Gasteiger partial charge on any atom is 0.258 e. The highest BCUT2D eigenvalue weighted by Crippen LogP contribution is 2.13. The van der Waals surface area contributed by atoms with Crippen molar-refractivity contribution in [3.8, 4) is 5.75 Å². The van der Waals surface area contributed by atoms with E-state index in [1.54, 1.807) is 24.3 Å². The van der Waals surface area contributed by atoms with E-state index in [0.29, 0.717) is 12.3 Å². The molecule has 0 fully saturated rings. The van der Waals surface area contributed by atoms with E-state index in [1.165, 1.54) is 0 Å². The minimum atomic E-state index is -0.384. The molecule has 23 heavy (non-hydrogen) atoms. The molecule has 0 aliphatic carbocycles. The van der Waals surface area contributed by atoms with Gasteiger partial charge in [-0.25, -0.2) is 0 Å². The molecule has 2 rings (SSSR count). The van der Waals surface area contributed by atoms with Gasteiger partial charge in [-0.3, -0.25) is 9.59 Å². The number of carbonyl (C=O) groups is 2. The second kappa shape index (κ2) is 8.33. The third-order valence-corrected chi connectivity index (χ3v) is 3.54. The van der Waals surface area contributed by atoms with Gasteiger partial charge in [0.05, 0.1) is 6.42 Å². The van der Waals surface area contributed by atoms with Crippen LogP contribution in [0.2, 0.25) is 0 Å². The summed E-state index contributed by atoms with van der Waals surface area (Å²) in [7, 11) is 0. The average molecular weight is 377 g/mol. The van der Waals surface area contributed by atoms with Gasteiger partial charge < -0.3 is 15.8 Å². The van der Waals surface area contributed by atoms with E-state index >= 15 is 0 Å². The number of nitrogens with one attached hydrogen (secondary N) is 1. The van der Waals surface area contributed by atoms with Crippen LogP contribution in [0.5, 0.6) is 5.75 Å². The van der Waals surface area contributed by atoms with E-state index in [0.717, 1.165) is 15.6 Å². The summed E-state index contributed by atoms with van der Waals surface area (Å²) in [5.74, 6) is -0.0207. The third kappa shape index (κ3) is 6.12. The van der Waals surface area contributed by atoms with Gasteiger partial charge in [0.15, 0.2) is 6.61 Å². The van der Waals surface area contributed by atoms with Gasteiger partial charge in [-0.15, -0.1) is 0 Å². The lowest BCUT2D eigenvalue weighted by atomic mass is 10.1. The topological polar surface area (TPSA) is 81.4 Å². The Kier molecular flexibility index (Phi) is 6.17. The fraction of sp³-hybridized carbons (Fsp3) is 0.176. The molecule has 2 amide bonds. The van der Waals surface area contributed by atoms with Gasteiger partial charge in [-0.05, 0) is 35.4 Å². The predicted octanol–water partition coefficient (Wildman–Crippen LogP) is 2.17. The monoisotopic (exact) mass is 376 g/mol. The largest absolute Gasteiger partial charge is 0.484 e. The molecule has 2 aromatic rings. The van der Waals surface area contributed by atoms with Crippen molar-refractivity contribution in [2.45, 2.75) is 13.0 Å². The Hall–Kier alpha value is -2.34. The molecule has 2 aromatic carbocycles. The van der Waals surface area contributed by atoms with E-state index in [9.17, 15) is 9.59 Å². The SMILES string of the molecule is NC(=O)Cc1ccc(OCC(=O)NCc2cccc(Br)c2)cc1. The Morgan fingerprint density at radius 1 is 1.09 bits per heavy atom. The summed E-state index contributed by atoms with van der Waals surface area (Å²) in [4.78, 5) is 22.6. The first kappa shape index (κ1) is 17.0. The number of hydrogen-bond donors (Lipinski definition) is 2. The number of carbonyl (C=O) groups excluding carboxylic acids is 2. The van der Waals surface area contributed by atoms with Gasteiger partial charge in [0.1, 0.15) is 5.75 Å². The van der Waals surface area contributed by atoms with E-state index in [-0.39, 0.29) is 24.8 Å². The second-order valence-electron chi connectivity index (χ2n) is 4.98. The quantitative estimate of drug-likeness (QED) is 0.776. The molecular weight excluding hydrogens is 360 g/mol. The number of hydrogen-bond acceptors (Lipinski definition) is 3. The number of halogens is 1. The van der Waals surface area contributed by atoms with Gasteiger partial charge in [0.2, 0.25) is 5.91 Å². The van der Waals surface area contributed by atoms with E-state index in [4.69, 9.17) is 10.5 Å². The minimum Gasteiger partial charge on any atom is -0.484 e. The van der Waals surface area contributed by atoms with E-state index in [1.807, 2.05) is 24.3 Å².